The summed E-state index contributed by atoms with van der Waals surface area (Å²) in [5.74, 6) is 2.07. The number of ether oxygens (including phenoxy) is 4. The topological polar surface area (TPSA) is 63.2 Å². The van der Waals surface area contributed by atoms with E-state index in [9.17, 15) is 4.79 Å². The highest BCUT2D eigenvalue weighted by Crippen LogP contribution is 2.31. The van der Waals surface area contributed by atoms with E-state index in [0.29, 0.717) is 37.6 Å². The minimum atomic E-state index is -1.86. The van der Waals surface area contributed by atoms with Crippen molar-refractivity contribution >= 4 is 22.2 Å². The molecule has 0 saturated heterocycles. The predicted octanol–water partition coefficient (Wildman–Crippen LogP) is 9.23. The molecule has 0 aromatic heterocycles. The van der Waals surface area contributed by atoms with Crippen LogP contribution >= 0.6 is 0 Å². The van der Waals surface area contributed by atoms with Gasteiger partial charge in [-0.15, -0.1) is 0 Å². The van der Waals surface area contributed by atoms with Gasteiger partial charge < -0.3 is 23.4 Å². The van der Waals surface area contributed by atoms with Crippen molar-refractivity contribution in [3.05, 3.63) is 59.7 Å². The Morgan fingerprint density at radius 1 is 0.860 bits per heavy atom. The van der Waals surface area contributed by atoms with Crippen LogP contribution in [0.1, 0.15) is 63.4 Å². The maximum Gasteiger partial charge on any atom is 0.192 e. The molecule has 2 aromatic rings. The third-order valence-electron chi connectivity index (χ3n) is 8.54. The van der Waals surface area contributed by atoms with E-state index in [1.54, 1.807) is 7.11 Å². The summed E-state index contributed by atoms with van der Waals surface area (Å²) in [6, 6.07) is 19.8. The third kappa shape index (κ3) is 13.3. The summed E-state index contributed by atoms with van der Waals surface area (Å²) in [5.41, 5.74) is 1.80. The van der Waals surface area contributed by atoms with Gasteiger partial charge in [0.25, 0.3) is 0 Å². The monoisotopic (exact) mass is 630 g/mol. The van der Waals surface area contributed by atoms with E-state index in [4.69, 9.17) is 23.4 Å². The summed E-state index contributed by atoms with van der Waals surface area (Å²) in [6.07, 6.45) is 1.27. The predicted molar refractivity (Wildman–Crippen MR) is 183 cm³/mol. The van der Waals surface area contributed by atoms with Crippen molar-refractivity contribution in [2.24, 2.45) is 11.8 Å². The zero-order valence-electron chi connectivity index (χ0n) is 28.4. The molecule has 0 aliphatic carbocycles. The first-order chi connectivity index (χ1) is 20.5. The molecule has 3 atom stereocenters. The first-order valence-corrected chi connectivity index (χ1v) is 22.4. The summed E-state index contributed by atoms with van der Waals surface area (Å²) in [4.78, 5) is 13.3. The van der Waals surface area contributed by atoms with Crippen LogP contribution in [0.25, 0.3) is 0 Å². The molecule has 0 fully saturated rings. The van der Waals surface area contributed by atoms with E-state index < -0.39 is 16.4 Å². The Labute approximate surface area is 263 Å². The van der Waals surface area contributed by atoms with E-state index in [2.05, 4.69) is 54.3 Å². The highest BCUT2D eigenvalue weighted by Gasteiger charge is 2.36. The Morgan fingerprint density at radius 3 is 2.14 bits per heavy atom. The van der Waals surface area contributed by atoms with Crippen LogP contribution in [-0.4, -0.2) is 55.4 Å². The molecule has 0 aliphatic heterocycles. The molecule has 0 saturated carbocycles. The fourth-order valence-electron chi connectivity index (χ4n) is 5.23. The van der Waals surface area contributed by atoms with Gasteiger partial charge in [-0.05, 0) is 66.3 Å². The normalized spacial score (nSPS) is 14.3. The molecule has 43 heavy (non-hydrogen) atoms. The average Bonchev–Trinajstić information content (AvgIpc) is 3.00. The molecule has 242 valence electrons. The second-order valence-corrected chi connectivity index (χ2v) is 23.5. The Balaban J connectivity index is 1.99. The van der Waals surface area contributed by atoms with Crippen LogP contribution in [0.15, 0.2) is 48.5 Å². The van der Waals surface area contributed by atoms with Crippen LogP contribution in [-0.2, 0) is 20.5 Å². The largest absolute Gasteiger partial charge is 0.497 e. The number of ketones is 1. The molecule has 6 nitrogen and oxygen atoms in total. The Kier molecular flexibility index (Phi) is 16.2. The lowest BCUT2D eigenvalue weighted by molar-refractivity contribution is 0.00986. The van der Waals surface area contributed by atoms with E-state index in [1.165, 1.54) is 0 Å². The van der Waals surface area contributed by atoms with Crippen molar-refractivity contribution < 1.29 is 28.2 Å². The highest BCUT2D eigenvalue weighted by molar-refractivity contribution is 6.76. The minimum absolute atomic E-state index is 0.0400. The quantitative estimate of drug-likeness (QED) is 0.0559. The van der Waals surface area contributed by atoms with Crippen LogP contribution in [0, 0.1) is 11.8 Å². The van der Waals surface area contributed by atoms with Crippen LogP contribution in [0.4, 0.5) is 0 Å². The molecule has 0 N–H and O–H groups in total. The van der Waals surface area contributed by atoms with Crippen molar-refractivity contribution in [3.63, 3.8) is 0 Å². The summed E-state index contributed by atoms with van der Waals surface area (Å²) in [6.45, 7) is 20.3. The molecule has 0 heterocycles. The number of hydrogen-bond acceptors (Lipinski definition) is 6. The second kappa shape index (κ2) is 18.7. The standard InChI is InChI=1S/C35H58O6Si2/c1-10-43(11-2,12-3)41-35(29(5)25-39-26-30-17-19-32(37-6)20-18-30)28(4)16-21-34(36)31-14-13-15-33(24-31)40-27-38-22-23-42(7,8)9/h13-15,17-20,24,28-29,35H,10-12,16,21-23,25-27H2,1-9H3/t28-,29-,35+/m0/s1. The molecule has 0 unspecified atom stereocenters. The maximum atomic E-state index is 13.3. The van der Waals surface area contributed by atoms with Crippen molar-refractivity contribution in [2.45, 2.75) is 104 Å². The molecule has 0 aliphatic rings. The molecule has 0 radical (unpaired) electrons. The Morgan fingerprint density at radius 2 is 1.53 bits per heavy atom. The van der Waals surface area contributed by atoms with Crippen molar-refractivity contribution in [3.8, 4) is 11.5 Å². The van der Waals surface area contributed by atoms with E-state index in [-0.39, 0.29) is 30.5 Å². The van der Waals surface area contributed by atoms with E-state index in [1.807, 2.05) is 48.5 Å². The van der Waals surface area contributed by atoms with Gasteiger partial charge in [0.15, 0.2) is 20.9 Å². The van der Waals surface area contributed by atoms with Gasteiger partial charge in [-0.3, -0.25) is 4.79 Å². The second-order valence-electron chi connectivity index (χ2n) is 13.1. The smallest absolute Gasteiger partial charge is 0.192 e. The summed E-state index contributed by atoms with van der Waals surface area (Å²) in [5, 5.41) is 0. The highest BCUT2D eigenvalue weighted by atomic mass is 28.4. The zero-order valence-corrected chi connectivity index (χ0v) is 30.4. The van der Waals surface area contributed by atoms with Gasteiger partial charge in [0.2, 0.25) is 0 Å². The van der Waals surface area contributed by atoms with Gasteiger partial charge in [0.1, 0.15) is 11.5 Å². The zero-order chi connectivity index (χ0) is 31.9. The summed E-state index contributed by atoms with van der Waals surface area (Å²) >= 11 is 0. The number of carbonyl (C=O) groups excluding carboxylic acids is 1. The lowest BCUT2D eigenvalue weighted by atomic mass is 9.89. The Bertz CT molecular complexity index is 1060. The number of Topliss-reactive ketones (excluding diaryl/α,β-unsaturated/α-hetero) is 1. The minimum Gasteiger partial charge on any atom is -0.497 e. The van der Waals surface area contributed by atoms with Crippen molar-refractivity contribution in [2.75, 3.05) is 27.1 Å². The van der Waals surface area contributed by atoms with Crippen LogP contribution in [0.3, 0.4) is 0 Å². The molecule has 2 rings (SSSR count). The third-order valence-corrected chi connectivity index (χ3v) is 14.9. The van der Waals surface area contributed by atoms with Gasteiger partial charge in [0, 0.05) is 32.6 Å². The first kappa shape index (κ1) is 37.2. The number of carbonyl (C=O) groups is 1. The molecule has 0 amide bonds. The number of rotatable bonds is 22. The lowest BCUT2D eigenvalue weighted by Crippen LogP contribution is -2.45. The number of hydrogen-bond donors (Lipinski definition) is 0. The van der Waals surface area contributed by atoms with Crippen molar-refractivity contribution in [1.29, 1.82) is 0 Å². The Hall–Kier alpha value is -1.98. The SMILES string of the molecule is CC[Si](CC)(CC)O[C@H]([C@@H](C)CCC(=O)c1cccc(OCOCC[Si](C)(C)C)c1)[C@@H](C)COCc1ccc(OC)cc1. The lowest BCUT2D eigenvalue weighted by Gasteiger charge is -2.39. The number of methoxy groups -OCH3 is 1. The molecule has 2 aromatic carbocycles. The van der Waals surface area contributed by atoms with Crippen LogP contribution in [0.2, 0.25) is 43.8 Å². The molecule has 0 bridgehead atoms. The summed E-state index contributed by atoms with van der Waals surface area (Å²) in [7, 11) is -1.32. The van der Waals surface area contributed by atoms with Gasteiger partial charge >= 0.3 is 0 Å². The van der Waals surface area contributed by atoms with Gasteiger partial charge in [-0.1, -0.05) is 78.5 Å². The maximum absolute atomic E-state index is 13.3. The molecular weight excluding hydrogens is 573 g/mol. The fraction of sp³-hybridized carbons (Fsp3) is 0.629. The van der Waals surface area contributed by atoms with E-state index >= 15 is 0 Å². The van der Waals surface area contributed by atoms with Crippen molar-refractivity contribution in [1.82, 2.24) is 0 Å². The molecular formula is C35H58O6Si2. The summed E-state index contributed by atoms with van der Waals surface area (Å²) < 4.78 is 30.0. The fourth-order valence-corrected chi connectivity index (χ4v) is 9.03. The van der Waals surface area contributed by atoms with E-state index in [0.717, 1.165) is 41.9 Å². The average molecular weight is 631 g/mol. The van der Waals surface area contributed by atoms with Gasteiger partial charge in [-0.25, -0.2) is 0 Å². The number of benzene rings is 2. The van der Waals surface area contributed by atoms with Crippen LogP contribution in [0.5, 0.6) is 11.5 Å². The molecule has 0 spiro atoms. The van der Waals surface area contributed by atoms with Gasteiger partial charge in [0.05, 0.1) is 26.4 Å². The first-order valence-electron chi connectivity index (χ1n) is 16.2. The molecule has 8 heteroatoms. The van der Waals surface area contributed by atoms with Gasteiger partial charge in [-0.2, -0.15) is 0 Å². The van der Waals surface area contributed by atoms with Crippen LogP contribution < -0.4 is 9.47 Å².